The Kier molecular flexibility index (Phi) is 3.64. The molecule has 1 aromatic carbocycles. The van der Waals surface area contributed by atoms with E-state index in [9.17, 15) is 0 Å². The monoisotopic (exact) mass is 259 g/mol. The Morgan fingerprint density at radius 1 is 1.16 bits per heavy atom. The summed E-state index contributed by atoms with van der Waals surface area (Å²) in [5.41, 5.74) is 1.41. The number of benzene rings is 1. The minimum Gasteiger partial charge on any atom is -0.361 e. The largest absolute Gasteiger partial charge is 0.361 e. The molecule has 0 radical (unpaired) electrons. The van der Waals surface area contributed by atoms with E-state index in [4.69, 9.17) is 4.74 Å². The van der Waals surface area contributed by atoms with Gasteiger partial charge in [0.25, 0.3) is 0 Å². The van der Waals surface area contributed by atoms with Crippen LogP contribution < -0.4 is 0 Å². The second-order valence-corrected chi connectivity index (χ2v) is 6.46. The maximum Gasteiger partial charge on any atom is 0.114 e. The summed E-state index contributed by atoms with van der Waals surface area (Å²) in [5, 5.41) is 0. The van der Waals surface area contributed by atoms with Crippen LogP contribution in [0.15, 0.2) is 30.3 Å². The smallest absolute Gasteiger partial charge is 0.114 e. The fourth-order valence-electron chi connectivity index (χ4n) is 3.76. The standard InChI is InChI=1S/C17H25NO/c1-12(2)15-10-9-13(3)17-18(15)16(11-19-17)14-7-5-4-6-8-14/h4-8,12-13,15-17H,9-11H2,1-3H3/t13-,15+,16-,17+/m0/s1. The lowest BCUT2D eigenvalue weighted by molar-refractivity contribution is -0.0722. The molecule has 2 aliphatic rings. The molecule has 0 spiro atoms. The van der Waals surface area contributed by atoms with Crippen LogP contribution in [0, 0.1) is 11.8 Å². The maximum atomic E-state index is 6.14. The van der Waals surface area contributed by atoms with E-state index >= 15 is 0 Å². The van der Waals surface area contributed by atoms with Gasteiger partial charge >= 0.3 is 0 Å². The molecule has 0 amide bonds. The molecule has 0 aliphatic carbocycles. The number of hydrogen-bond donors (Lipinski definition) is 0. The first-order valence-electron chi connectivity index (χ1n) is 7.62. The molecule has 0 saturated carbocycles. The normalized spacial score (nSPS) is 35.6. The molecule has 2 heteroatoms. The van der Waals surface area contributed by atoms with Crippen LogP contribution in [0.5, 0.6) is 0 Å². The molecule has 0 bridgehead atoms. The third kappa shape index (κ3) is 2.32. The van der Waals surface area contributed by atoms with Gasteiger partial charge in [-0.1, -0.05) is 51.1 Å². The number of rotatable bonds is 2. The Morgan fingerprint density at radius 3 is 2.58 bits per heavy atom. The van der Waals surface area contributed by atoms with Crippen LogP contribution in [-0.2, 0) is 4.74 Å². The topological polar surface area (TPSA) is 12.5 Å². The van der Waals surface area contributed by atoms with E-state index in [0.717, 1.165) is 6.61 Å². The number of fused-ring (bicyclic) bond motifs is 1. The van der Waals surface area contributed by atoms with Crippen LogP contribution in [0.4, 0.5) is 0 Å². The lowest BCUT2D eigenvalue weighted by Crippen LogP contribution is -2.50. The molecule has 2 nitrogen and oxygen atoms in total. The molecule has 2 heterocycles. The molecule has 2 fully saturated rings. The number of ether oxygens (including phenoxy) is 1. The van der Waals surface area contributed by atoms with Crippen molar-refractivity contribution in [3.8, 4) is 0 Å². The van der Waals surface area contributed by atoms with Gasteiger partial charge in [0.1, 0.15) is 6.23 Å². The summed E-state index contributed by atoms with van der Waals surface area (Å²) in [6.07, 6.45) is 2.93. The quantitative estimate of drug-likeness (QED) is 0.800. The Morgan fingerprint density at radius 2 is 1.89 bits per heavy atom. The number of hydrogen-bond acceptors (Lipinski definition) is 2. The van der Waals surface area contributed by atoms with Gasteiger partial charge in [-0.25, -0.2) is 0 Å². The number of piperidine rings is 1. The highest BCUT2D eigenvalue weighted by Crippen LogP contribution is 2.42. The van der Waals surface area contributed by atoms with E-state index in [1.165, 1.54) is 18.4 Å². The Bertz CT molecular complexity index is 417. The first kappa shape index (κ1) is 13.1. The fourth-order valence-corrected chi connectivity index (χ4v) is 3.76. The predicted molar refractivity (Wildman–Crippen MR) is 77.8 cm³/mol. The summed E-state index contributed by atoms with van der Waals surface area (Å²) < 4.78 is 6.14. The van der Waals surface area contributed by atoms with Crippen molar-refractivity contribution >= 4 is 0 Å². The summed E-state index contributed by atoms with van der Waals surface area (Å²) in [4.78, 5) is 2.66. The molecule has 0 unspecified atom stereocenters. The van der Waals surface area contributed by atoms with Crippen molar-refractivity contribution in [2.75, 3.05) is 6.61 Å². The zero-order valence-corrected chi connectivity index (χ0v) is 12.3. The lowest BCUT2D eigenvalue weighted by Gasteiger charge is -2.44. The molecule has 2 aliphatic heterocycles. The van der Waals surface area contributed by atoms with Crippen molar-refractivity contribution in [1.29, 1.82) is 0 Å². The Labute approximate surface area is 116 Å². The minimum atomic E-state index is 0.325. The highest BCUT2D eigenvalue weighted by molar-refractivity contribution is 5.21. The van der Waals surface area contributed by atoms with Crippen LogP contribution in [0.1, 0.15) is 45.2 Å². The van der Waals surface area contributed by atoms with Crippen molar-refractivity contribution in [3.05, 3.63) is 35.9 Å². The van der Waals surface area contributed by atoms with Crippen molar-refractivity contribution < 1.29 is 4.74 Å². The third-order valence-electron chi connectivity index (χ3n) is 4.82. The van der Waals surface area contributed by atoms with E-state index in [2.05, 4.69) is 56.0 Å². The zero-order valence-electron chi connectivity index (χ0n) is 12.3. The predicted octanol–water partition coefficient (Wildman–Crippen LogP) is 3.84. The average Bonchev–Trinajstić information content (AvgIpc) is 2.85. The van der Waals surface area contributed by atoms with E-state index in [0.29, 0.717) is 30.1 Å². The zero-order chi connectivity index (χ0) is 13.4. The van der Waals surface area contributed by atoms with Crippen LogP contribution >= 0.6 is 0 Å². The fraction of sp³-hybridized carbons (Fsp3) is 0.647. The van der Waals surface area contributed by atoms with Crippen LogP contribution in [0.2, 0.25) is 0 Å². The SMILES string of the molecule is CC(C)[C@H]1CC[C@H](C)[C@H]2OC[C@@H](c3ccccc3)N12. The van der Waals surface area contributed by atoms with Gasteiger partial charge in [-0.2, -0.15) is 0 Å². The van der Waals surface area contributed by atoms with Crippen molar-refractivity contribution in [2.45, 2.75) is 51.9 Å². The molecule has 1 aromatic rings. The van der Waals surface area contributed by atoms with Gasteiger partial charge in [-0.15, -0.1) is 0 Å². The van der Waals surface area contributed by atoms with Crippen LogP contribution in [0.3, 0.4) is 0 Å². The summed E-state index contributed by atoms with van der Waals surface area (Å²) >= 11 is 0. The summed E-state index contributed by atoms with van der Waals surface area (Å²) in [5.74, 6) is 1.35. The van der Waals surface area contributed by atoms with Crippen molar-refractivity contribution in [1.82, 2.24) is 4.90 Å². The van der Waals surface area contributed by atoms with Crippen LogP contribution in [0.25, 0.3) is 0 Å². The van der Waals surface area contributed by atoms with Gasteiger partial charge < -0.3 is 4.74 Å². The minimum absolute atomic E-state index is 0.325. The van der Waals surface area contributed by atoms with Gasteiger partial charge in [0.2, 0.25) is 0 Å². The molecular formula is C17H25NO. The average molecular weight is 259 g/mol. The summed E-state index contributed by atoms with van der Waals surface area (Å²) in [6.45, 7) is 7.88. The lowest BCUT2D eigenvalue weighted by atomic mass is 9.85. The van der Waals surface area contributed by atoms with Crippen molar-refractivity contribution in [2.24, 2.45) is 11.8 Å². The molecule has 3 rings (SSSR count). The molecule has 2 saturated heterocycles. The molecule has 0 N–H and O–H groups in total. The van der Waals surface area contributed by atoms with Crippen molar-refractivity contribution in [3.63, 3.8) is 0 Å². The molecule has 19 heavy (non-hydrogen) atoms. The number of nitrogens with zero attached hydrogens (tertiary/aromatic N) is 1. The molecule has 104 valence electrons. The van der Waals surface area contributed by atoms with E-state index in [-0.39, 0.29) is 0 Å². The highest BCUT2D eigenvalue weighted by atomic mass is 16.5. The van der Waals surface area contributed by atoms with Gasteiger partial charge in [0, 0.05) is 6.04 Å². The van der Waals surface area contributed by atoms with E-state index in [1.807, 2.05) is 0 Å². The van der Waals surface area contributed by atoms with Gasteiger partial charge in [0.05, 0.1) is 12.6 Å². The van der Waals surface area contributed by atoms with Gasteiger partial charge in [-0.05, 0) is 30.2 Å². The molecule has 4 atom stereocenters. The third-order valence-corrected chi connectivity index (χ3v) is 4.82. The molecule has 0 aromatic heterocycles. The van der Waals surface area contributed by atoms with E-state index in [1.54, 1.807) is 0 Å². The van der Waals surface area contributed by atoms with Crippen LogP contribution in [-0.4, -0.2) is 23.8 Å². The van der Waals surface area contributed by atoms with Gasteiger partial charge in [0.15, 0.2) is 0 Å². The van der Waals surface area contributed by atoms with E-state index < -0.39 is 0 Å². The Hall–Kier alpha value is -0.860. The van der Waals surface area contributed by atoms with Gasteiger partial charge in [-0.3, -0.25) is 4.90 Å². The summed E-state index contributed by atoms with van der Waals surface area (Å²) in [7, 11) is 0. The first-order chi connectivity index (χ1) is 9.18. The second kappa shape index (κ2) is 5.26. The summed E-state index contributed by atoms with van der Waals surface area (Å²) in [6, 6.07) is 12.0. The second-order valence-electron chi connectivity index (χ2n) is 6.46. The Balaban J connectivity index is 1.90. The first-order valence-corrected chi connectivity index (χ1v) is 7.62. The molecular weight excluding hydrogens is 234 g/mol. The maximum absolute atomic E-state index is 6.14. The highest BCUT2D eigenvalue weighted by Gasteiger charge is 2.45.